The minimum absolute atomic E-state index is 0.127. The molecular weight excluding hydrogens is 211 g/mol. The van der Waals surface area contributed by atoms with Crippen LogP contribution in [0.2, 0.25) is 0 Å². The lowest BCUT2D eigenvalue weighted by atomic mass is 9.88. The first-order chi connectivity index (χ1) is 6.89. The summed E-state index contributed by atoms with van der Waals surface area (Å²) in [5.74, 6) is -0.183. The van der Waals surface area contributed by atoms with Crippen molar-refractivity contribution in [2.75, 3.05) is 0 Å². The maximum absolute atomic E-state index is 12.6. The second-order valence-electron chi connectivity index (χ2n) is 5.00. The van der Waals surface area contributed by atoms with Crippen LogP contribution in [0.3, 0.4) is 0 Å². The van der Waals surface area contributed by atoms with Gasteiger partial charge in [-0.15, -0.1) is 11.6 Å². The molecule has 0 heterocycles. The van der Waals surface area contributed by atoms with E-state index in [-0.39, 0.29) is 16.6 Å². The van der Waals surface area contributed by atoms with Crippen molar-refractivity contribution in [1.82, 2.24) is 0 Å². The first kappa shape index (κ1) is 12.5. The van der Waals surface area contributed by atoms with Crippen molar-refractivity contribution in [3.8, 4) is 0 Å². The summed E-state index contributed by atoms with van der Waals surface area (Å²) in [4.78, 5) is 0. The van der Waals surface area contributed by atoms with Gasteiger partial charge in [0.25, 0.3) is 0 Å². The standard InChI is InChI=1S/C13H18ClF/c1-13(2,3)12(14)9-6-10-4-7-11(15)8-5-10/h4-5,7-8,12H,6,9H2,1-3H3. The molecule has 0 N–H and O–H groups in total. The minimum Gasteiger partial charge on any atom is -0.207 e. The van der Waals surface area contributed by atoms with E-state index >= 15 is 0 Å². The second kappa shape index (κ2) is 4.98. The fourth-order valence-electron chi connectivity index (χ4n) is 1.38. The van der Waals surface area contributed by atoms with Crippen molar-refractivity contribution in [2.45, 2.75) is 39.0 Å². The predicted octanol–water partition coefficient (Wildman–Crippen LogP) is 4.41. The molecule has 1 rings (SSSR count). The zero-order chi connectivity index (χ0) is 11.5. The van der Waals surface area contributed by atoms with Crippen molar-refractivity contribution in [1.29, 1.82) is 0 Å². The molecule has 1 aromatic carbocycles. The molecule has 0 aromatic heterocycles. The van der Waals surface area contributed by atoms with Crippen LogP contribution >= 0.6 is 11.6 Å². The van der Waals surface area contributed by atoms with E-state index < -0.39 is 0 Å². The number of benzene rings is 1. The summed E-state index contributed by atoms with van der Waals surface area (Å²) in [7, 11) is 0. The zero-order valence-corrected chi connectivity index (χ0v) is 10.3. The first-order valence-corrected chi connectivity index (χ1v) is 5.72. The Morgan fingerprint density at radius 1 is 1.20 bits per heavy atom. The van der Waals surface area contributed by atoms with E-state index in [9.17, 15) is 4.39 Å². The highest BCUT2D eigenvalue weighted by Gasteiger charge is 2.21. The van der Waals surface area contributed by atoms with Gasteiger partial charge in [-0.05, 0) is 36.0 Å². The molecule has 0 amide bonds. The number of aryl methyl sites for hydroxylation is 1. The largest absolute Gasteiger partial charge is 0.207 e. The Bertz CT molecular complexity index is 297. The van der Waals surface area contributed by atoms with Gasteiger partial charge in [0.15, 0.2) is 0 Å². The molecule has 0 aliphatic carbocycles. The van der Waals surface area contributed by atoms with Gasteiger partial charge in [0.1, 0.15) is 5.82 Å². The molecule has 84 valence electrons. The molecule has 0 saturated carbocycles. The summed E-state index contributed by atoms with van der Waals surface area (Å²) in [6.07, 6.45) is 1.84. The topological polar surface area (TPSA) is 0 Å². The third kappa shape index (κ3) is 4.21. The molecule has 0 radical (unpaired) electrons. The fourth-order valence-corrected chi connectivity index (χ4v) is 1.49. The molecule has 0 spiro atoms. The van der Waals surface area contributed by atoms with Crippen LogP contribution in [0.25, 0.3) is 0 Å². The van der Waals surface area contributed by atoms with Crippen LogP contribution in [0.15, 0.2) is 24.3 Å². The molecule has 0 nitrogen and oxygen atoms in total. The van der Waals surface area contributed by atoms with Crippen LogP contribution in [-0.4, -0.2) is 5.38 Å². The van der Waals surface area contributed by atoms with E-state index in [1.54, 1.807) is 0 Å². The Morgan fingerprint density at radius 2 is 1.73 bits per heavy atom. The molecule has 15 heavy (non-hydrogen) atoms. The summed E-state index contributed by atoms with van der Waals surface area (Å²) < 4.78 is 12.6. The average Bonchev–Trinajstić information content (AvgIpc) is 2.15. The lowest BCUT2D eigenvalue weighted by Crippen LogP contribution is -2.21. The van der Waals surface area contributed by atoms with Crippen molar-refractivity contribution in [3.05, 3.63) is 35.6 Å². The number of halogens is 2. The molecule has 1 unspecified atom stereocenters. The number of rotatable bonds is 3. The molecule has 1 atom stereocenters. The Balaban J connectivity index is 2.47. The molecule has 0 saturated heterocycles. The van der Waals surface area contributed by atoms with Crippen LogP contribution in [0.4, 0.5) is 4.39 Å². The highest BCUT2D eigenvalue weighted by molar-refractivity contribution is 6.21. The minimum atomic E-state index is -0.183. The summed E-state index contributed by atoms with van der Waals surface area (Å²) in [6, 6.07) is 6.63. The van der Waals surface area contributed by atoms with Crippen molar-refractivity contribution < 1.29 is 4.39 Å². The summed E-state index contributed by atoms with van der Waals surface area (Å²) >= 11 is 6.26. The maximum Gasteiger partial charge on any atom is 0.123 e. The van der Waals surface area contributed by atoms with Gasteiger partial charge in [0, 0.05) is 5.38 Å². The van der Waals surface area contributed by atoms with Gasteiger partial charge in [0.2, 0.25) is 0 Å². The molecular formula is C13H18ClF. The highest BCUT2D eigenvalue weighted by Crippen LogP contribution is 2.28. The van der Waals surface area contributed by atoms with Gasteiger partial charge in [0.05, 0.1) is 0 Å². The quantitative estimate of drug-likeness (QED) is 0.673. The molecule has 0 aliphatic heterocycles. The monoisotopic (exact) mass is 228 g/mol. The predicted molar refractivity (Wildman–Crippen MR) is 63.8 cm³/mol. The van der Waals surface area contributed by atoms with Gasteiger partial charge in [-0.3, -0.25) is 0 Å². The summed E-state index contributed by atoms with van der Waals surface area (Å²) in [5.41, 5.74) is 1.27. The molecule has 2 heteroatoms. The zero-order valence-electron chi connectivity index (χ0n) is 9.56. The van der Waals surface area contributed by atoms with Gasteiger partial charge >= 0.3 is 0 Å². The van der Waals surface area contributed by atoms with Crippen molar-refractivity contribution in [2.24, 2.45) is 5.41 Å². The van der Waals surface area contributed by atoms with Crippen LogP contribution in [-0.2, 0) is 6.42 Å². The third-order valence-corrected chi connectivity index (χ3v) is 3.41. The number of alkyl halides is 1. The van der Waals surface area contributed by atoms with Gasteiger partial charge in [-0.1, -0.05) is 32.9 Å². The molecule has 0 aliphatic rings. The lowest BCUT2D eigenvalue weighted by molar-refractivity contribution is 0.374. The third-order valence-electron chi connectivity index (χ3n) is 2.54. The summed E-state index contributed by atoms with van der Waals surface area (Å²) in [6.45, 7) is 6.40. The fraction of sp³-hybridized carbons (Fsp3) is 0.538. The maximum atomic E-state index is 12.6. The highest BCUT2D eigenvalue weighted by atomic mass is 35.5. The van der Waals surface area contributed by atoms with Crippen molar-refractivity contribution in [3.63, 3.8) is 0 Å². The van der Waals surface area contributed by atoms with Crippen LogP contribution in [0, 0.1) is 11.2 Å². The number of hydrogen-bond donors (Lipinski definition) is 0. The van der Waals surface area contributed by atoms with Gasteiger partial charge in [-0.25, -0.2) is 4.39 Å². The Hall–Kier alpha value is -0.560. The van der Waals surface area contributed by atoms with E-state index in [4.69, 9.17) is 11.6 Å². The number of hydrogen-bond acceptors (Lipinski definition) is 0. The van der Waals surface area contributed by atoms with E-state index in [0.29, 0.717) is 0 Å². The van der Waals surface area contributed by atoms with E-state index in [0.717, 1.165) is 18.4 Å². The molecule has 1 aromatic rings. The van der Waals surface area contributed by atoms with Crippen LogP contribution in [0.1, 0.15) is 32.8 Å². The second-order valence-corrected chi connectivity index (χ2v) is 5.53. The van der Waals surface area contributed by atoms with Gasteiger partial charge < -0.3 is 0 Å². The normalized spacial score (nSPS) is 13.9. The SMILES string of the molecule is CC(C)(C)C(Cl)CCc1ccc(F)cc1. The van der Waals surface area contributed by atoms with Gasteiger partial charge in [-0.2, -0.15) is 0 Å². The smallest absolute Gasteiger partial charge is 0.123 e. The average molecular weight is 229 g/mol. The molecule has 0 bridgehead atoms. The van der Waals surface area contributed by atoms with E-state index in [1.165, 1.54) is 12.1 Å². The van der Waals surface area contributed by atoms with Crippen molar-refractivity contribution >= 4 is 11.6 Å². The first-order valence-electron chi connectivity index (χ1n) is 5.28. The Kier molecular flexibility index (Phi) is 4.15. The van der Waals surface area contributed by atoms with Crippen LogP contribution in [0.5, 0.6) is 0 Å². The Morgan fingerprint density at radius 3 is 2.20 bits per heavy atom. The van der Waals surface area contributed by atoms with E-state index in [2.05, 4.69) is 20.8 Å². The van der Waals surface area contributed by atoms with Crippen LogP contribution < -0.4 is 0 Å². The Labute approximate surface area is 96.5 Å². The van der Waals surface area contributed by atoms with E-state index in [1.807, 2.05) is 12.1 Å². The lowest BCUT2D eigenvalue weighted by Gasteiger charge is -2.24. The summed E-state index contributed by atoms with van der Waals surface area (Å²) in [5, 5.41) is 0.155. The molecule has 0 fully saturated rings.